The molecule has 0 amide bonds. The van der Waals surface area contributed by atoms with E-state index in [4.69, 9.17) is 0 Å². The lowest BCUT2D eigenvalue weighted by Crippen LogP contribution is -1.98. The van der Waals surface area contributed by atoms with Gasteiger partial charge in [0.2, 0.25) is 0 Å². The van der Waals surface area contributed by atoms with Crippen molar-refractivity contribution in [2.45, 2.75) is 20.3 Å². The van der Waals surface area contributed by atoms with Crippen molar-refractivity contribution in [1.82, 2.24) is 4.98 Å². The third kappa shape index (κ3) is 2.01. The van der Waals surface area contributed by atoms with Crippen LogP contribution in [0.5, 0.6) is 0 Å². The summed E-state index contributed by atoms with van der Waals surface area (Å²) in [6.45, 7) is 3.38. The fourth-order valence-electron chi connectivity index (χ4n) is 1.61. The lowest BCUT2D eigenvalue weighted by Gasteiger charge is -2.05. The molecule has 1 aromatic heterocycles. The lowest BCUT2D eigenvalue weighted by atomic mass is 10.1. The van der Waals surface area contributed by atoms with Gasteiger partial charge < -0.3 is 0 Å². The molecule has 2 aromatic rings. The second kappa shape index (κ2) is 4.68. The molecule has 18 heavy (non-hydrogen) atoms. The van der Waals surface area contributed by atoms with Gasteiger partial charge in [0.15, 0.2) is 23.3 Å². The van der Waals surface area contributed by atoms with E-state index in [-0.39, 0.29) is 10.9 Å². The monoisotopic (exact) mass is 275 g/mol. The molecule has 0 saturated heterocycles. The number of nitrogens with zero attached hydrogens (tertiary/aromatic N) is 1. The first-order valence-corrected chi connectivity index (χ1v) is 6.07. The number of hydrogen-bond donors (Lipinski definition) is 0. The van der Waals surface area contributed by atoms with E-state index in [1.165, 1.54) is 0 Å². The van der Waals surface area contributed by atoms with Gasteiger partial charge in [0.05, 0.1) is 21.1 Å². The SMILES string of the molecule is CCc1nc(C)c(-c2c(F)c(F)cc(F)c2F)s1. The van der Waals surface area contributed by atoms with Crippen LogP contribution in [0.25, 0.3) is 10.4 Å². The van der Waals surface area contributed by atoms with Crippen molar-refractivity contribution in [3.63, 3.8) is 0 Å². The number of aryl methyl sites for hydroxylation is 2. The van der Waals surface area contributed by atoms with Crippen LogP contribution in [0.4, 0.5) is 17.6 Å². The Morgan fingerprint density at radius 1 is 1.11 bits per heavy atom. The van der Waals surface area contributed by atoms with E-state index in [9.17, 15) is 17.6 Å². The number of aromatic nitrogens is 1. The first-order valence-electron chi connectivity index (χ1n) is 5.25. The molecule has 1 nitrogen and oxygen atoms in total. The zero-order chi connectivity index (χ0) is 13.4. The molecule has 0 aliphatic rings. The average molecular weight is 275 g/mol. The average Bonchev–Trinajstić information content (AvgIpc) is 2.69. The number of rotatable bonds is 2. The molecule has 0 unspecified atom stereocenters. The summed E-state index contributed by atoms with van der Waals surface area (Å²) >= 11 is 1.03. The third-order valence-corrected chi connectivity index (χ3v) is 3.80. The minimum atomic E-state index is -1.41. The summed E-state index contributed by atoms with van der Waals surface area (Å²) in [5.41, 5.74) is -0.318. The van der Waals surface area contributed by atoms with Crippen LogP contribution in [0.2, 0.25) is 0 Å². The van der Waals surface area contributed by atoms with E-state index in [1.807, 2.05) is 6.92 Å². The molecule has 0 fully saturated rings. The molecule has 0 spiro atoms. The minimum Gasteiger partial charge on any atom is -0.246 e. The Kier molecular flexibility index (Phi) is 3.38. The van der Waals surface area contributed by atoms with Gasteiger partial charge in [-0.2, -0.15) is 0 Å². The van der Waals surface area contributed by atoms with Crippen molar-refractivity contribution < 1.29 is 17.6 Å². The van der Waals surface area contributed by atoms with Crippen LogP contribution in [-0.4, -0.2) is 4.98 Å². The van der Waals surface area contributed by atoms with Crippen molar-refractivity contribution in [2.75, 3.05) is 0 Å². The maximum Gasteiger partial charge on any atom is 0.170 e. The largest absolute Gasteiger partial charge is 0.246 e. The molecular weight excluding hydrogens is 266 g/mol. The molecule has 0 atom stereocenters. The molecule has 6 heteroatoms. The van der Waals surface area contributed by atoms with Crippen molar-refractivity contribution in [2.24, 2.45) is 0 Å². The Hall–Kier alpha value is -1.43. The summed E-state index contributed by atoms with van der Waals surface area (Å²) in [6.07, 6.45) is 0.590. The van der Waals surface area contributed by atoms with Gasteiger partial charge in [-0.3, -0.25) is 0 Å². The van der Waals surface area contributed by atoms with E-state index < -0.39 is 28.8 Å². The lowest BCUT2D eigenvalue weighted by molar-refractivity contribution is 0.458. The zero-order valence-electron chi connectivity index (χ0n) is 9.65. The molecule has 0 bridgehead atoms. The third-order valence-electron chi connectivity index (χ3n) is 2.48. The highest BCUT2D eigenvalue weighted by molar-refractivity contribution is 7.15. The second-order valence-corrected chi connectivity index (χ2v) is 4.80. The minimum absolute atomic E-state index is 0.125. The Morgan fingerprint density at radius 2 is 1.67 bits per heavy atom. The highest BCUT2D eigenvalue weighted by Crippen LogP contribution is 2.35. The standard InChI is InChI=1S/C12H9F4NS/c1-3-8-17-5(2)12(18-8)9-10(15)6(13)4-7(14)11(9)16/h4H,3H2,1-2H3. The molecule has 2 rings (SSSR count). The number of hydrogen-bond acceptors (Lipinski definition) is 2. The molecule has 96 valence electrons. The van der Waals surface area contributed by atoms with Crippen molar-refractivity contribution in [1.29, 1.82) is 0 Å². The molecule has 0 N–H and O–H groups in total. The van der Waals surface area contributed by atoms with E-state index in [1.54, 1.807) is 6.92 Å². The Labute approximate surface area is 105 Å². The van der Waals surface area contributed by atoms with E-state index >= 15 is 0 Å². The van der Waals surface area contributed by atoms with Gasteiger partial charge in [-0.1, -0.05) is 6.92 Å². The molecule has 0 radical (unpaired) electrons. The van der Waals surface area contributed by atoms with E-state index in [0.29, 0.717) is 17.1 Å². The fourth-order valence-corrected chi connectivity index (χ4v) is 2.65. The zero-order valence-corrected chi connectivity index (χ0v) is 10.5. The summed E-state index contributed by atoms with van der Waals surface area (Å²) in [6, 6.07) is 0.200. The number of benzene rings is 1. The van der Waals surface area contributed by atoms with Crippen LogP contribution in [-0.2, 0) is 6.42 Å². The molecule has 0 saturated carbocycles. The Balaban J connectivity index is 2.73. The highest BCUT2D eigenvalue weighted by atomic mass is 32.1. The summed E-state index contributed by atoms with van der Waals surface area (Å²) in [7, 11) is 0. The highest BCUT2D eigenvalue weighted by Gasteiger charge is 2.23. The van der Waals surface area contributed by atoms with Crippen molar-refractivity contribution in [3.8, 4) is 10.4 Å². The van der Waals surface area contributed by atoms with Crippen LogP contribution in [0, 0.1) is 30.2 Å². The van der Waals surface area contributed by atoms with Gasteiger partial charge in [-0.05, 0) is 13.3 Å². The van der Waals surface area contributed by atoms with Gasteiger partial charge in [0, 0.05) is 6.07 Å². The van der Waals surface area contributed by atoms with Gasteiger partial charge in [-0.25, -0.2) is 22.5 Å². The normalized spacial score (nSPS) is 11.0. The summed E-state index contributed by atoms with van der Waals surface area (Å²) in [5, 5.41) is 0.658. The number of halogens is 4. The van der Waals surface area contributed by atoms with Crippen molar-refractivity contribution in [3.05, 3.63) is 40.0 Å². The van der Waals surface area contributed by atoms with Crippen molar-refractivity contribution >= 4 is 11.3 Å². The summed E-state index contributed by atoms with van der Waals surface area (Å²) in [4.78, 5) is 4.21. The van der Waals surface area contributed by atoms with Crippen LogP contribution in [0.3, 0.4) is 0 Å². The maximum atomic E-state index is 13.6. The first-order chi connectivity index (χ1) is 8.45. The predicted molar refractivity (Wildman–Crippen MR) is 61.5 cm³/mol. The topological polar surface area (TPSA) is 12.9 Å². The molecular formula is C12H9F4NS. The Morgan fingerprint density at radius 3 is 2.11 bits per heavy atom. The summed E-state index contributed by atoms with van der Waals surface area (Å²) in [5.74, 6) is -5.59. The quantitative estimate of drug-likeness (QED) is 0.590. The van der Waals surface area contributed by atoms with Crippen LogP contribution < -0.4 is 0 Å². The first kappa shape index (κ1) is 13.0. The predicted octanol–water partition coefficient (Wildman–Crippen LogP) is 4.24. The molecule has 1 aromatic carbocycles. The van der Waals surface area contributed by atoms with Crippen LogP contribution in [0.15, 0.2) is 6.07 Å². The Bertz CT molecular complexity index is 580. The molecule has 0 aliphatic heterocycles. The van der Waals surface area contributed by atoms with E-state index in [0.717, 1.165) is 11.3 Å². The fraction of sp³-hybridized carbons (Fsp3) is 0.250. The number of thiazole rings is 1. The summed E-state index contributed by atoms with van der Waals surface area (Å²) < 4.78 is 53.5. The molecule has 1 heterocycles. The van der Waals surface area contributed by atoms with Crippen LogP contribution in [0.1, 0.15) is 17.6 Å². The maximum absolute atomic E-state index is 13.6. The van der Waals surface area contributed by atoms with Crippen LogP contribution >= 0.6 is 11.3 Å². The van der Waals surface area contributed by atoms with Gasteiger partial charge >= 0.3 is 0 Å². The smallest absolute Gasteiger partial charge is 0.170 e. The molecule has 0 aliphatic carbocycles. The van der Waals surface area contributed by atoms with E-state index in [2.05, 4.69) is 4.98 Å². The van der Waals surface area contributed by atoms with Gasteiger partial charge in [0.25, 0.3) is 0 Å². The van der Waals surface area contributed by atoms with Gasteiger partial charge in [0.1, 0.15) is 0 Å². The second-order valence-electron chi connectivity index (χ2n) is 3.72. The van der Waals surface area contributed by atoms with Gasteiger partial charge in [-0.15, -0.1) is 11.3 Å².